The monoisotopic (exact) mass is 340 g/mol. The summed E-state index contributed by atoms with van der Waals surface area (Å²) in [6.07, 6.45) is 1.91. The SMILES string of the molecule is COc1ccc(C(C)C)cc1S(=O)(=O)NC(C)C(=O)NC1CC1. The van der Waals surface area contributed by atoms with Crippen molar-refractivity contribution in [2.75, 3.05) is 7.11 Å². The smallest absolute Gasteiger partial charge is 0.244 e. The minimum absolute atomic E-state index is 0.0530. The minimum Gasteiger partial charge on any atom is -0.495 e. The van der Waals surface area contributed by atoms with Crippen molar-refractivity contribution in [3.63, 3.8) is 0 Å². The molecule has 1 aromatic carbocycles. The van der Waals surface area contributed by atoms with Crippen LogP contribution in [-0.2, 0) is 14.8 Å². The molecule has 1 aromatic rings. The van der Waals surface area contributed by atoms with Crippen LogP contribution in [0.15, 0.2) is 23.1 Å². The van der Waals surface area contributed by atoms with Gasteiger partial charge in [0.25, 0.3) is 0 Å². The summed E-state index contributed by atoms with van der Waals surface area (Å²) >= 11 is 0. The summed E-state index contributed by atoms with van der Waals surface area (Å²) in [7, 11) is -2.43. The van der Waals surface area contributed by atoms with Gasteiger partial charge in [0.1, 0.15) is 10.6 Å². The Labute approximate surface area is 137 Å². The number of hydrogen-bond donors (Lipinski definition) is 2. The van der Waals surface area contributed by atoms with Crippen LogP contribution >= 0.6 is 0 Å². The largest absolute Gasteiger partial charge is 0.495 e. The average molecular weight is 340 g/mol. The third-order valence-corrected chi connectivity index (χ3v) is 5.35. The van der Waals surface area contributed by atoms with Gasteiger partial charge in [0.2, 0.25) is 15.9 Å². The second kappa shape index (κ2) is 6.88. The molecule has 1 saturated carbocycles. The summed E-state index contributed by atoms with van der Waals surface area (Å²) in [5.74, 6) is 0.136. The highest BCUT2D eigenvalue weighted by Crippen LogP contribution is 2.28. The van der Waals surface area contributed by atoms with Crippen molar-refractivity contribution < 1.29 is 17.9 Å². The Bertz CT molecular complexity index is 681. The predicted molar refractivity (Wildman–Crippen MR) is 88.0 cm³/mol. The molecule has 1 atom stereocenters. The average Bonchev–Trinajstić information content (AvgIpc) is 3.29. The van der Waals surface area contributed by atoms with Crippen molar-refractivity contribution in [2.45, 2.75) is 56.5 Å². The number of nitrogens with one attached hydrogen (secondary N) is 2. The Hall–Kier alpha value is -1.60. The Morgan fingerprint density at radius 3 is 2.43 bits per heavy atom. The maximum atomic E-state index is 12.6. The molecule has 1 aliphatic carbocycles. The van der Waals surface area contributed by atoms with Crippen molar-refractivity contribution in [1.29, 1.82) is 0 Å². The summed E-state index contributed by atoms with van der Waals surface area (Å²) in [6.45, 7) is 5.50. The number of ether oxygens (including phenoxy) is 1. The normalized spacial score (nSPS) is 16.2. The molecule has 0 bridgehead atoms. The molecule has 0 aliphatic heterocycles. The van der Waals surface area contributed by atoms with Crippen molar-refractivity contribution in [1.82, 2.24) is 10.0 Å². The fourth-order valence-electron chi connectivity index (χ4n) is 2.17. The number of carbonyl (C=O) groups is 1. The van der Waals surface area contributed by atoms with Crippen LogP contribution < -0.4 is 14.8 Å². The first kappa shape index (κ1) is 17.7. The fourth-order valence-corrected chi connectivity index (χ4v) is 3.57. The molecule has 0 saturated heterocycles. The van der Waals surface area contributed by atoms with E-state index in [0.717, 1.165) is 18.4 Å². The highest BCUT2D eigenvalue weighted by molar-refractivity contribution is 7.89. The van der Waals surface area contributed by atoms with Gasteiger partial charge in [0, 0.05) is 6.04 Å². The molecule has 0 heterocycles. The zero-order valence-corrected chi connectivity index (χ0v) is 14.7. The molecular formula is C16H24N2O4S. The van der Waals surface area contributed by atoms with E-state index in [4.69, 9.17) is 4.74 Å². The molecule has 23 heavy (non-hydrogen) atoms. The molecule has 0 radical (unpaired) electrons. The summed E-state index contributed by atoms with van der Waals surface area (Å²) in [5.41, 5.74) is 0.890. The van der Waals surface area contributed by atoms with Crippen LogP contribution in [0.2, 0.25) is 0 Å². The van der Waals surface area contributed by atoms with Crippen LogP contribution in [0.25, 0.3) is 0 Å². The third kappa shape index (κ3) is 4.45. The Kier molecular flexibility index (Phi) is 5.31. The number of amides is 1. The molecule has 1 unspecified atom stereocenters. The highest BCUT2D eigenvalue weighted by atomic mass is 32.2. The molecule has 1 aliphatic rings. The van der Waals surface area contributed by atoms with Crippen LogP contribution in [0.3, 0.4) is 0 Å². The predicted octanol–water partition coefficient (Wildman–Crippen LogP) is 1.76. The summed E-state index contributed by atoms with van der Waals surface area (Å²) in [6, 6.07) is 4.42. The number of benzene rings is 1. The van der Waals surface area contributed by atoms with E-state index in [1.807, 2.05) is 19.9 Å². The van der Waals surface area contributed by atoms with Crippen LogP contribution in [0.4, 0.5) is 0 Å². The van der Waals surface area contributed by atoms with E-state index in [-0.39, 0.29) is 28.5 Å². The van der Waals surface area contributed by atoms with E-state index < -0.39 is 16.1 Å². The second-order valence-corrected chi connectivity index (χ2v) is 7.87. The lowest BCUT2D eigenvalue weighted by atomic mass is 10.0. The van der Waals surface area contributed by atoms with Gasteiger partial charge in [-0.15, -0.1) is 0 Å². The maximum Gasteiger partial charge on any atom is 0.244 e. The third-order valence-electron chi connectivity index (χ3n) is 3.79. The lowest BCUT2D eigenvalue weighted by Gasteiger charge is -2.17. The molecular weight excluding hydrogens is 316 g/mol. The van der Waals surface area contributed by atoms with Gasteiger partial charge in [-0.3, -0.25) is 4.79 Å². The van der Waals surface area contributed by atoms with E-state index in [1.165, 1.54) is 14.0 Å². The van der Waals surface area contributed by atoms with E-state index in [1.54, 1.807) is 12.1 Å². The Morgan fingerprint density at radius 1 is 1.26 bits per heavy atom. The number of sulfonamides is 1. The number of carbonyl (C=O) groups excluding carboxylic acids is 1. The van der Waals surface area contributed by atoms with E-state index >= 15 is 0 Å². The van der Waals surface area contributed by atoms with E-state index in [9.17, 15) is 13.2 Å². The first-order valence-electron chi connectivity index (χ1n) is 7.75. The van der Waals surface area contributed by atoms with Crippen LogP contribution in [0.1, 0.15) is 45.1 Å². The molecule has 6 nitrogen and oxygen atoms in total. The van der Waals surface area contributed by atoms with E-state index in [0.29, 0.717) is 0 Å². The fraction of sp³-hybridized carbons (Fsp3) is 0.562. The molecule has 2 N–H and O–H groups in total. The molecule has 0 spiro atoms. The van der Waals surface area contributed by atoms with Crippen molar-refractivity contribution in [2.24, 2.45) is 0 Å². The first-order chi connectivity index (χ1) is 10.7. The zero-order chi connectivity index (χ0) is 17.2. The van der Waals surface area contributed by atoms with Gasteiger partial charge in [0.05, 0.1) is 13.2 Å². The van der Waals surface area contributed by atoms with Crippen LogP contribution in [0, 0.1) is 0 Å². The zero-order valence-electron chi connectivity index (χ0n) is 13.9. The van der Waals surface area contributed by atoms with Gasteiger partial charge in [-0.2, -0.15) is 4.72 Å². The molecule has 7 heteroatoms. The van der Waals surface area contributed by atoms with Gasteiger partial charge in [-0.05, 0) is 43.4 Å². The Balaban J connectivity index is 2.23. The minimum atomic E-state index is -3.85. The Morgan fingerprint density at radius 2 is 1.91 bits per heavy atom. The molecule has 1 amide bonds. The van der Waals surface area contributed by atoms with Crippen LogP contribution in [-0.4, -0.2) is 33.5 Å². The van der Waals surface area contributed by atoms with Crippen LogP contribution in [0.5, 0.6) is 5.75 Å². The molecule has 2 rings (SSSR count). The lowest BCUT2D eigenvalue weighted by Crippen LogP contribution is -2.45. The molecule has 0 aromatic heterocycles. The highest BCUT2D eigenvalue weighted by Gasteiger charge is 2.29. The first-order valence-corrected chi connectivity index (χ1v) is 9.23. The van der Waals surface area contributed by atoms with Crippen molar-refractivity contribution in [3.8, 4) is 5.75 Å². The lowest BCUT2D eigenvalue weighted by molar-refractivity contribution is -0.122. The van der Waals surface area contributed by atoms with Gasteiger partial charge in [0.15, 0.2) is 0 Å². The summed E-state index contributed by atoms with van der Waals surface area (Å²) in [4.78, 5) is 12.0. The standard InChI is InChI=1S/C16H24N2O4S/c1-10(2)12-5-8-14(22-4)15(9-12)23(20,21)18-11(3)16(19)17-13-6-7-13/h5,8-11,13,18H,6-7H2,1-4H3,(H,17,19). The second-order valence-electron chi connectivity index (χ2n) is 6.19. The quantitative estimate of drug-likeness (QED) is 0.792. The van der Waals surface area contributed by atoms with Gasteiger partial charge >= 0.3 is 0 Å². The number of rotatable bonds is 7. The maximum absolute atomic E-state index is 12.6. The van der Waals surface area contributed by atoms with Crippen molar-refractivity contribution in [3.05, 3.63) is 23.8 Å². The van der Waals surface area contributed by atoms with Gasteiger partial charge < -0.3 is 10.1 Å². The number of methoxy groups -OCH3 is 1. The van der Waals surface area contributed by atoms with Gasteiger partial charge in [-0.1, -0.05) is 19.9 Å². The topological polar surface area (TPSA) is 84.5 Å². The van der Waals surface area contributed by atoms with E-state index in [2.05, 4.69) is 10.0 Å². The summed E-state index contributed by atoms with van der Waals surface area (Å²) < 4.78 is 32.9. The molecule has 1 fully saturated rings. The summed E-state index contributed by atoms with van der Waals surface area (Å²) in [5, 5.41) is 2.79. The van der Waals surface area contributed by atoms with Gasteiger partial charge in [-0.25, -0.2) is 8.42 Å². The van der Waals surface area contributed by atoms with Crippen molar-refractivity contribution >= 4 is 15.9 Å². The number of hydrogen-bond acceptors (Lipinski definition) is 4. The molecule has 128 valence electrons.